The van der Waals surface area contributed by atoms with Gasteiger partial charge in [0.25, 0.3) is 0 Å². The SMILES string of the molecule is CC(C)(C)OC(=O)c1cc(Cl)c(Cl)c(S(N)(=O)=O)c1. The summed E-state index contributed by atoms with van der Waals surface area (Å²) in [5, 5.41) is 4.69. The number of carbonyl (C=O) groups excluding carboxylic acids is 1. The van der Waals surface area contributed by atoms with E-state index in [1.165, 1.54) is 6.07 Å². The molecule has 0 aliphatic rings. The number of nitrogens with two attached hydrogens (primary N) is 1. The van der Waals surface area contributed by atoms with Crippen LogP contribution in [-0.2, 0) is 14.8 Å². The Morgan fingerprint density at radius 1 is 1.26 bits per heavy atom. The van der Waals surface area contributed by atoms with Crippen molar-refractivity contribution in [1.29, 1.82) is 0 Å². The summed E-state index contributed by atoms with van der Waals surface area (Å²) in [6.45, 7) is 5.05. The zero-order valence-electron chi connectivity index (χ0n) is 10.5. The van der Waals surface area contributed by atoms with Crippen molar-refractivity contribution in [1.82, 2.24) is 0 Å². The van der Waals surface area contributed by atoms with Gasteiger partial charge in [-0.15, -0.1) is 0 Å². The number of hydrogen-bond donors (Lipinski definition) is 1. The summed E-state index contributed by atoms with van der Waals surface area (Å²) in [7, 11) is -4.08. The Hall–Kier alpha value is -0.820. The topological polar surface area (TPSA) is 86.5 Å². The molecule has 0 bridgehead atoms. The van der Waals surface area contributed by atoms with Crippen LogP contribution >= 0.6 is 23.2 Å². The molecular weight excluding hydrogens is 313 g/mol. The van der Waals surface area contributed by atoms with E-state index in [0.29, 0.717) is 0 Å². The quantitative estimate of drug-likeness (QED) is 0.846. The van der Waals surface area contributed by atoms with Gasteiger partial charge in [0.2, 0.25) is 10.0 Å². The third-order valence-corrected chi connectivity index (χ3v) is 3.79. The molecule has 2 N–H and O–H groups in total. The first kappa shape index (κ1) is 16.2. The first-order chi connectivity index (χ1) is 8.42. The first-order valence-corrected chi connectivity index (χ1v) is 7.47. The lowest BCUT2D eigenvalue weighted by atomic mass is 10.1. The Kier molecular flexibility index (Phi) is 4.51. The number of primary sulfonamides is 1. The summed E-state index contributed by atoms with van der Waals surface area (Å²) in [4.78, 5) is 11.4. The van der Waals surface area contributed by atoms with Crippen molar-refractivity contribution >= 4 is 39.2 Å². The average Bonchev–Trinajstić information content (AvgIpc) is 2.17. The van der Waals surface area contributed by atoms with Crippen molar-refractivity contribution in [2.24, 2.45) is 5.14 Å². The number of hydrogen-bond acceptors (Lipinski definition) is 4. The third kappa shape index (κ3) is 4.35. The zero-order valence-corrected chi connectivity index (χ0v) is 12.9. The average molecular weight is 326 g/mol. The summed E-state index contributed by atoms with van der Waals surface area (Å²) in [6, 6.07) is 2.27. The largest absolute Gasteiger partial charge is 0.456 e. The van der Waals surface area contributed by atoms with Crippen molar-refractivity contribution in [2.45, 2.75) is 31.3 Å². The molecule has 0 heterocycles. The summed E-state index contributed by atoms with van der Waals surface area (Å²) in [5.74, 6) is -0.712. The molecule has 19 heavy (non-hydrogen) atoms. The summed E-state index contributed by atoms with van der Waals surface area (Å²) < 4.78 is 27.8. The smallest absolute Gasteiger partial charge is 0.338 e. The van der Waals surface area contributed by atoms with E-state index in [1.807, 2.05) is 0 Å². The molecule has 0 saturated heterocycles. The molecule has 0 radical (unpaired) electrons. The first-order valence-electron chi connectivity index (χ1n) is 5.17. The Morgan fingerprint density at radius 2 is 1.79 bits per heavy atom. The van der Waals surface area contributed by atoms with Crippen LogP contribution in [-0.4, -0.2) is 20.0 Å². The highest BCUT2D eigenvalue weighted by Crippen LogP contribution is 2.30. The van der Waals surface area contributed by atoms with Crippen LogP contribution in [0.25, 0.3) is 0 Å². The van der Waals surface area contributed by atoms with Crippen LogP contribution in [0.4, 0.5) is 0 Å². The molecule has 0 atom stereocenters. The van der Waals surface area contributed by atoms with Gasteiger partial charge in [-0.2, -0.15) is 0 Å². The van der Waals surface area contributed by atoms with Gasteiger partial charge in [0.15, 0.2) is 0 Å². The fourth-order valence-electron chi connectivity index (χ4n) is 1.23. The van der Waals surface area contributed by atoms with Gasteiger partial charge in [-0.1, -0.05) is 23.2 Å². The minimum absolute atomic E-state index is 0.0339. The fourth-order valence-corrected chi connectivity index (χ4v) is 2.58. The van der Waals surface area contributed by atoms with Gasteiger partial charge < -0.3 is 4.74 Å². The second-order valence-electron chi connectivity index (χ2n) is 4.82. The Morgan fingerprint density at radius 3 is 2.21 bits per heavy atom. The van der Waals surface area contributed by atoms with Gasteiger partial charge in [0.05, 0.1) is 15.6 Å². The number of sulfonamides is 1. The van der Waals surface area contributed by atoms with Crippen LogP contribution in [0.3, 0.4) is 0 Å². The van der Waals surface area contributed by atoms with Crippen molar-refractivity contribution < 1.29 is 17.9 Å². The van der Waals surface area contributed by atoms with E-state index < -0.39 is 26.5 Å². The number of esters is 1. The maximum Gasteiger partial charge on any atom is 0.338 e. The molecule has 106 valence electrons. The maximum absolute atomic E-state index is 11.8. The van der Waals surface area contributed by atoms with E-state index in [1.54, 1.807) is 20.8 Å². The maximum atomic E-state index is 11.8. The molecule has 0 amide bonds. The molecule has 8 heteroatoms. The zero-order chi connectivity index (χ0) is 15.0. The number of carbonyl (C=O) groups is 1. The van der Waals surface area contributed by atoms with Crippen molar-refractivity contribution in [2.75, 3.05) is 0 Å². The van der Waals surface area contributed by atoms with Crippen molar-refractivity contribution in [3.8, 4) is 0 Å². The van der Waals surface area contributed by atoms with Crippen LogP contribution < -0.4 is 5.14 Å². The number of rotatable bonds is 2. The molecule has 5 nitrogen and oxygen atoms in total. The van der Waals surface area contributed by atoms with Gasteiger partial charge in [0.1, 0.15) is 10.5 Å². The molecule has 1 aromatic rings. The van der Waals surface area contributed by atoms with Gasteiger partial charge >= 0.3 is 5.97 Å². The Balaban J connectivity index is 3.33. The molecule has 1 aromatic carbocycles. The van der Waals surface area contributed by atoms with Crippen LogP contribution in [0.5, 0.6) is 0 Å². The molecule has 0 unspecified atom stereocenters. The van der Waals surface area contributed by atoms with E-state index in [0.717, 1.165) is 6.07 Å². The number of benzene rings is 1. The molecule has 0 aliphatic heterocycles. The minimum Gasteiger partial charge on any atom is -0.456 e. The molecule has 0 fully saturated rings. The number of ether oxygens (including phenoxy) is 1. The Labute approximate surface area is 121 Å². The molecule has 1 rings (SSSR count). The molecule has 0 aliphatic carbocycles. The standard InChI is InChI=1S/C11H13Cl2NO4S/c1-11(2,3)18-10(15)6-4-7(12)9(13)8(5-6)19(14,16)17/h4-5H,1-3H3,(H2,14,16,17). The van der Waals surface area contributed by atoms with E-state index in [4.69, 9.17) is 33.1 Å². The van der Waals surface area contributed by atoms with Crippen molar-refractivity contribution in [3.05, 3.63) is 27.7 Å². The van der Waals surface area contributed by atoms with Crippen molar-refractivity contribution in [3.63, 3.8) is 0 Å². The second kappa shape index (κ2) is 5.28. The van der Waals surface area contributed by atoms with Crippen LogP contribution in [0.2, 0.25) is 10.0 Å². The van der Waals surface area contributed by atoms with Gasteiger partial charge in [-0.25, -0.2) is 18.4 Å². The molecule has 0 saturated carbocycles. The van der Waals surface area contributed by atoms with Gasteiger partial charge in [0, 0.05) is 0 Å². The lowest BCUT2D eigenvalue weighted by Gasteiger charge is -2.19. The lowest BCUT2D eigenvalue weighted by Crippen LogP contribution is -2.24. The van der Waals surface area contributed by atoms with Gasteiger partial charge in [-0.05, 0) is 32.9 Å². The lowest BCUT2D eigenvalue weighted by molar-refractivity contribution is 0.00693. The molecule has 0 aromatic heterocycles. The van der Waals surface area contributed by atoms with Crippen LogP contribution in [0.1, 0.15) is 31.1 Å². The summed E-state index contributed by atoms with van der Waals surface area (Å²) in [5.41, 5.74) is -0.751. The third-order valence-electron chi connectivity index (χ3n) is 1.94. The van der Waals surface area contributed by atoms with Crippen LogP contribution in [0, 0.1) is 0 Å². The normalized spacial score (nSPS) is 12.3. The van der Waals surface area contributed by atoms with E-state index in [2.05, 4.69) is 0 Å². The predicted octanol–water partition coefficient (Wildman–Crippen LogP) is 2.60. The molecule has 0 spiro atoms. The fraction of sp³-hybridized carbons (Fsp3) is 0.364. The highest BCUT2D eigenvalue weighted by Gasteiger charge is 2.23. The van der Waals surface area contributed by atoms with Gasteiger partial charge in [-0.3, -0.25) is 0 Å². The minimum atomic E-state index is -4.08. The highest BCUT2D eigenvalue weighted by molar-refractivity contribution is 7.89. The molecular formula is C11H13Cl2NO4S. The van der Waals surface area contributed by atoms with E-state index >= 15 is 0 Å². The van der Waals surface area contributed by atoms with E-state index in [9.17, 15) is 13.2 Å². The number of halogens is 2. The summed E-state index contributed by atoms with van der Waals surface area (Å²) in [6.07, 6.45) is 0. The summed E-state index contributed by atoms with van der Waals surface area (Å²) >= 11 is 11.5. The monoisotopic (exact) mass is 325 g/mol. The predicted molar refractivity (Wildman–Crippen MR) is 73.0 cm³/mol. The highest BCUT2D eigenvalue weighted by atomic mass is 35.5. The second-order valence-corrected chi connectivity index (χ2v) is 7.13. The Bertz CT molecular complexity index is 620. The van der Waals surface area contributed by atoms with Crippen LogP contribution in [0.15, 0.2) is 17.0 Å². The van der Waals surface area contributed by atoms with E-state index in [-0.39, 0.29) is 15.6 Å².